The zero-order valence-electron chi connectivity index (χ0n) is 9.66. The first-order valence-corrected chi connectivity index (χ1v) is 6.33. The number of nitrogens with one attached hydrogen (secondary N) is 1. The van der Waals surface area contributed by atoms with Gasteiger partial charge in [-0.1, -0.05) is 41.4 Å². The maximum absolute atomic E-state index is 9.61. The molecule has 0 saturated heterocycles. The van der Waals surface area contributed by atoms with Crippen LogP contribution in [0.2, 0.25) is 10.0 Å². The maximum atomic E-state index is 9.61. The molecule has 0 spiro atoms. The number of halogens is 2. The van der Waals surface area contributed by atoms with Crippen LogP contribution in [0.15, 0.2) is 42.5 Å². The highest BCUT2D eigenvalue weighted by Crippen LogP contribution is 2.19. The highest BCUT2D eigenvalue weighted by molar-refractivity contribution is 6.34. The molecule has 2 aromatic carbocycles. The van der Waals surface area contributed by atoms with Crippen molar-refractivity contribution in [3.63, 3.8) is 0 Å². The summed E-state index contributed by atoms with van der Waals surface area (Å²) in [4.78, 5) is 0. The standard InChI is InChI=1S/C14H13Cl2NO/c15-12-5-10(6-13(16)7-12)8-17-9-11-3-1-2-4-14(11)18/h1-7,17-18H,8-9H2. The lowest BCUT2D eigenvalue weighted by atomic mass is 10.2. The number of phenolic OH excluding ortho intramolecular Hbond substituents is 1. The normalized spacial score (nSPS) is 10.6. The van der Waals surface area contributed by atoms with Gasteiger partial charge in [0.05, 0.1) is 0 Å². The van der Waals surface area contributed by atoms with Crippen LogP contribution in [0.1, 0.15) is 11.1 Å². The zero-order valence-corrected chi connectivity index (χ0v) is 11.2. The molecule has 18 heavy (non-hydrogen) atoms. The number of hydrogen-bond donors (Lipinski definition) is 2. The molecular formula is C14H13Cl2NO. The Balaban J connectivity index is 1.94. The second kappa shape index (κ2) is 6.10. The predicted molar refractivity (Wildman–Crippen MR) is 75.1 cm³/mol. The molecule has 0 heterocycles. The molecule has 4 heteroatoms. The van der Waals surface area contributed by atoms with Crippen molar-refractivity contribution in [2.45, 2.75) is 13.1 Å². The maximum Gasteiger partial charge on any atom is 0.120 e. The SMILES string of the molecule is Oc1ccccc1CNCc1cc(Cl)cc(Cl)c1. The fraction of sp³-hybridized carbons (Fsp3) is 0.143. The molecular weight excluding hydrogens is 269 g/mol. The highest BCUT2D eigenvalue weighted by Gasteiger charge is 2.01. The molecule has 0 atom stereocenters. The third-order valence-electron chi connectivity index (χ3n) is 2.56. The van der Waals surface area contributed by atoms with Gasteiger partial charge in [0.2, 0.25) is 0 Å². The second-order valence-corrected chi connectivity index (χ2v) is 4.88. The molecule has 94 valence electrons. The van der Waals surface area contributed by atoms with E-state index in [0.29, 0.717) is 28.9 Å². The fourth-order valence-electron chi connectivity index (χ4n) is 1.71. The van der Waals surface area contributed by atoms with Gasteiger partial charge >= 0.3 is 0 Å². The van der Waals surface area contributed by atoms with Crippen LogP contribution in [0.3, 0.4) is 0 Å². The Bertz CT molecular complexity index is 523. The molecule has 2 nitrogen and oxygen atoms in total. The molecule has 0 radical (unpaired) electrons. The minimum Gasteiger partial charge on any atom is -0.508 e. The second-order valence-electron chi connectivity index (χ2n) is 4.01. The van der Waals surface area contributed by atoms with Crippen LogP contribution < -0.4 is 5.32 Å². The van der Waals surface area contributed by atoms with E-state index >= 15 is 0 Å². The number of para-hydroxylation sites is 1. The lowest BCUT2D eigenvalue weighted by molar-refractivity contribution is 0.464. The van der Waals surface area contributed by atoms with Gasteiger partial charge in [0.1, 0.15) is 5.75 Å². The molecule has 0 unspecified atom stereocenters. The predicted octanol–water partition coefficient (Wildman–Crippen LogP) is 3.99. The Kier molecular flexibility index (Phi) is 4.48. The Morgan fingerprint density at radius 3 is 2.28 bits per heavy atom. The Labute approximate surface area is 116 Å². The Morgan fingerprint density at radius 1 is 0.944 bits per heavy atom. The molecule has 0 aliphatic carbocycles. The van der Waals surface area contributed by atoms with Gasteiger partial charge in [0.25, 0.3) is 0 Å². The first-order chi connectivity index (χ1) is 8.65. The monoisotopic (exact) mass is 281 g/mol. The molecule has 0 saturated carbocycles. The molecule has 2 N–H and O–H groups in total. The van der Waals surface area contributed by atoms with E-state index in [0.717, 1.165) is 11.1 Å². The van der Waals surface area contributed by atoms with Crippen molar-refractivity contribution in [1.82, 2.24) is 5.32 Å². The van der Waals surface area contributed by atoms with Crippen LogP contribution in [0.4, 0.5) is 0 Å². The van der Waals surface area contributed by atoms with Crippen LogP contribution in [0, 0.1) is 0 Å². The summed E-state index contributed by atoms with van der Waals surface area (Å²) in [6, 6.07) is 12.7. The number of rotatable bonds is 4. The molecule has 0 amide bonds. The quantitative estimate of drug-likeness (QED) is 0.888. The van der Waals surface area contributed by atoms with E-state index < -0.39 is 0 Å². The highest BCUT2D eigenvalue weighted by atomic mass is 35.5. The smallest absolute Gasteiger partial charge is 0.120 e. The summed E-state index contributed by atoms with van der Waals surface area (Å²) in [6.45, 7) is 1.24. The number of benzene rings is 2. The van der Waals surface area contributed by atoms with Gasteiger partial charge in [-0.25, -0.2) is 0 Å². The van der Waals surface area contributed by atoms with Crippen LogP contribution in [0.25, 0.3) is 0 Å². The van der Waals surface area contributed by atoms with Gasteiger partial charge in [-0.2, -0.15) is 0 Å². The van der Waals surface area contributed by atoms with E-state index in [2.05, 4.69) is 5.32 Å². The molecule has 2 rings (SSSR count). The first-order valence-electron chi connectivity index (χ1n) is 5.58. The largest absolute Gasteiger partial charge is 0.508 e. The molecule has 0 aliphatic heterocycles. The number of aromatic hydroxyl groups is 1. The summed E-state index contributed by atoms with van der Waals surface area (Å²) in [6.07, 6.45) is 0. The Hall–Kier alpha value is -1.22. The summed E-state index contributed by atoms with van der Waals surface area (Å²) in [5, 5.41) is 14.1. The minimum absolute atomic E-state index is 0.300. The van der Waals surface area contributed by atoms with Crippen LogP contribution in [0.5, 0.6) is 5.75 Å². The zero-order chi connectivity index (χ0) is 13.0. The Morgan fingerprint density at radius 2 is 1.61 bits per heavy atom. The summed E-state index contributed by atoms with van der Waals surface area (Å²) >= 11 is 11.8. The lowest BCUT2D eigenvalue weighted by Gasteiger charge is -2.07. The van der Waals surface area contributed by atoms with Gasteiger partial charge < -0.3 is 10.4 Å². The first kappa shape index (κ1) is 13.2. The lowest BCUT2D eigenvalue weighted by Crippen LogP contribution is -2.12. The number of phenols is 1. The van der Waals surface area contributed by atoms with E-state index in [9.17, 15) is 5.11 Å². The fourth-order valence-corrected chi connectivity index (χ4v) is 2.29. The van der Waals surface area contributed by atoms with Gasteiger partial charge in [0, 0.05) is 28.7 Å². The number of hydrogen-bond acceptors (Lipinski definition) is 2. The summed E-state index contributed by atoms with van der Waals surface area (Å²) < 4.78 is 0. The molecule has 0 fully saturated rings. The molecule has 0 aromatic heterocycles. The van der Waals surface area contributed by atoms with Gasteiger partial charge in [-0.3, -0.25) is 0 Å². The van der Waals surface area contributed by atoms with Gasteiger partial charge in [-0.15, -0.1) is 0 Å². The van der Waals surface area contributed by atoms with Crippen molar-refractivity contribution in [2.24, 2.45) is 0 Å². The van der Waals surface area contributed by atoms with E-state index in [1.165, 1.54) is 0 Å². The molecule has 0 bridgehead atoms. The van der Waals surface area contributed by atoms with E-state index in [4.69, 9.17) is 23.2 Å². The van der Waals surface area contributed by atoms with Crippen LogP contribution in [-0.2, 0) is 13.1 Å². The van der Waals surface area contributed by atoms with Crippen molar-refractivity contribution >= 4 is 23.2 Å². The summed E-state index contributed by atoms with van der Waals surface area (Å²) in [7, 11) is 0. The molecule has 2 aromatic rings. The third kappa shape index (κ3) is 3.64. The third-order valence-corrected chi connectivity index (χ3v) is 2.99. The van der Waals surface area contributed by atoms with E-state index in [1.54, 1.807) is 18.2 Å². The van der Waals surface area contributed by atoms with E-state index in [1.807, 2.05) is 24.3 Å². The van der Waals surface area contributed by atoms with Gasteiger partial charge in [0.15, 0.2) is 0 Å². The minimum atomic E-state index is 0.300. The van der Waals surface area contributed by atoms with Crippen molar-refractivity contribution in [2.75, 3.05) is 0 Å². The van der Waals surface area contributed by atoms with Crippen molar-refractivity contribution in [1.29, 1.82) is 0 Å². The average molecular weight is 282 g/mol. The van der Waals surface area contributed by atoms with Crippen molar-refractivity contribution in [3.8, 4) is 5.75 Å². The molecule has 0 aliphatic rings. The average Bonchev–Trinajstić information content (AvgIpc) is 2.30. The van der Waals surface area contributed by atoms with Crippen LogP contribution in [-0.4, -0.2) is 5.11 Å². The van der Waals surface area contributed by atoms with Gasteiger partial charge in [-0.05, 0) is 29.8 Å². The van der Waals surface area contributed by atoms with Crippen molar-refractivity contribution < 1.29 is 5.11 Å². The summed E-state index contributed by atoms with van der Waals surface area (Å²) in [5.74, 6) is 0.300. The van der Waals surface area contributed by atoms with E-state index in [-0.39, 0.29) is 0 Å². The summed E-state index contributed by atoms with van der Waals surface area (Å²) in [5.41, 5.74) is 1.88. The van der Waals surface area contributed by atoms with Crippen molar-refractivity contribution in [3.05, 3.63) is 63.6 Å². The van der Waals surface area contributed by atoms with Crippen LogP contribution >= 0.6 is 23.2 Å². The topological polar surface area (TPSA) is 32.3 Å².